The Morgan fingerprint density at radius 3 is 2.50 bits per heavy atom. The van der Waals surface area contributed by atoms with Crippen LogP contribution >= 0.6 is 27.5 Å². The van der Waals surface area contributed by atoms with Crippen molar-refractivity contribution in [3.05, 3.63) is 93.4 Å². The maximum absolute atomic E-state index is 13.7. The van der Waals surface area contributed by atoms with E-state index in [9.17, 15) is 14.4 Å². The Labute approximate surface area is 243 Å². The Bertz CT molecular complexity index is 1560. The lowest BCUT2D eigenvalue weighted by Gasteiger charge is -2.25. The van der Waals surface area contributed by atoms with E-state index in [1.165, 1.54) is 10.0 Å². The highest BCUT2D eigenvalue weighted by molar-refractivity contribution is 9.10. The molecule has 0 unspecified atom stereocenters. The average Bonchev–Trinajstić information content (AvgIpc) is 3.64. The molecule has 0 radical (unpaired) electrons. The van der Waals surface area contributed by atoms with Crippen molar-refractivity contribution in [2.75, 3.05) is 18.6 Å². The topological polar surface area (TPSA) is 107 Å². The summed E-state index contributed by atoms with van der Waals surface area (Å²) in [4.78, 5) is 41.3. The van der Waals surface area contributed by atoms with Gasteiger partial charge in [-0.15, -0.1) is 0 Å². The molecule has 3 aromatic carbocycles. The van der Waals surface area contributed by atoms with Crippen LogP contribution in [0.15, 0.2) is 92.7 Å². The lowest BCUT2D eigenvalue weighted by atomic mass is 9.98. The number of rotatable bonds is 6. The van der Waals surface area contributed by atoms with Gasteiger partial charge < -0.3 is 4.74 Å². The van der Waals surface area contributed by atoms with Gasteiger partial charge in [0.2, 0.25) is 0 Å². The number of imide groups is 1. The number of halogens is 2. The number of carbonyl (C=O) groups excluding carboxylic acids is 3. The van der Waals surface area contributed by atoms with Gasteiger partial charge in [0.15, 0.2) is 12.1 Å². The van der Waals surface area contributed by atoms with E-state index in [-0.39, 0.29) is 12.5 Å². The van der Waals surface area contributed by atoms with Crippen LogP contribution in [0.5, 0.6) is 5.75 Å². The van der Waals surface area contributed by atoms with Gasteiger partial charge in [0.25, 0.3) is 17.7 Å². The molecule has 3 heterocycles. The first-order valence-electron chi connectivity index (χ1n) is 12.4. The molecule has 0 aliphatic carbocycles. The molecule has 12 heteroatoms. The second-order valence-electron chi connectivity index (χ2n) is 9.47. The van der Waals surface area contributed by atoms with Crippen molar-refractivity contribution in [1.82, 2.24) is 10.0 Å². The van der Waals surface area contributed by atoms with E-state index in [4.69, 9.17) is 16.3 Å². The highest BCUT2D eigenvalue weighted by Gasteiger charge is 2.55. The van der Waals surface area contributed by atoms with E-state index in [1.807, 2.05) is 36.4 Å². The molecule has 40 heavy (non-hydrogen) atoms. The molecule has 1 saturated heterocycles. The summed E-state index contributed by atoms with van der Waals surface area (Å²) < 4.78 is 6.01. The van der Waals surface area contributed by atoms with E-state index in [0.29, 0.717) is 22.9 Å². The minimum absolute atomic E-state index is 0.278. The van der Waals surface area contributed by atoms with Crippen LogP contribution < -0.4 is 9.64 Å². The Balaban J connectivity index is 1.26. The van der Waals surface area contributed by atoms with E-state index >= 15 is 0 Å². The normalized spacial score (nSPS) is 21.7. The van der Waals surface area contributed by atoms with Crippen LogP contribution in [0.2, 0.25) is 5.02 Å². The molecule has 0 bridgehead atoms. The van der Waals surface area contributed by atoms with Crippen LogP contribution in [-0.2, 0) is 14.4 Å². The SMILES string of the molecule is COc1ccc([C@H]2CC(c3ccc(Cl)cc3)=NN2C(=O)CN2N=N[C@@H]3C(=O)N(c4cccc(Br)c4)C(=O)[C@H]32)cc1. The summed E-state index contributed by atoms with van der Waals surface area (Å²) in [6.45, 7) is -0.278. The highest BCUT2D eigenvalue weighted by atomic mass is 79.9. The fraction of sp³-hybridized carbons (Fsp3) is 0.214. The smallest absolute Gasteiger partial charge is 0.264 e. The first-order chi connectivity index (χ1) is 19.3. The van der Waals surface area contributed by atoms with Crippen LogP contribution in [0.1, 0.15) is 23.6 Å². The fourth-order valence-electron chi connectivity index (χ4n) is 5.08. The van der Waals surface area contributed by atoms with Crippen molar-refractivity contribution in [3.8, 4) is 5.75 Å². The summed E-state index contributed by atoms with van der Waals surface area (Å²) in [7, 11) is 1.59. The van der Waals surface area contributed by atoms with Gasteiger partial charge in [-0.2, -0.15) is 10.2 Å². The fourth-order valence-corrected chi connectivity index (χ4v) is 5.59. The van der Waals surface area contributed by atoms with Crippen molar-refractivity contribution in [2.24, 2.45) is 15.4 Å². The Morgan fingerprint density at radius 1 is 1.05 bits per heavy atom. The Hall–Kier alpha value is -4.09. The van der Waals surface area contributed by atoms with Gasteiger partial charge in [0.05, 0.1) is 24.6 Å². The molecule has 202 valence electrons. The zero-order chi connectivity index (χ0) is 28.0. The van der Waals surface area contributed by atoms with Gasteiger partial charge in [-0.3, -0.25) is 19.4 Å². The number of hydrogen-bond acceptors (Lipinski definition) is 8. The molecular weight excluding hydrogens is 600 g/mol. The van der Waals surface area contributed by atoms with Gasteiger partial charge in [-0.25, -0.2) is 9.91 Å². The maximum atomic E-state index is 13.7. The van der Waals surface area contributed by atoms with Crippen molar-refractivity contribution in [2.45, 2.75) is 24.5 Å². The molecule has 3 amide bonds. The number of carbonyl (C=O) groups is 3. The second kappa shape index (κ2) is 10.5. The largest absolute Gasteiger partial charge is 0.497 e. The zero-order valence-corrected chi connectivity index (χ0v) is 23.5. The number of fused-ring (bicyclic) bond motifs is 1. The van der Waals surface area contributed by atoms with E-state index in [0.717, 1.165) is 26.2 Å². The monoisotopic (exact) mass is 620 g/mol. The Morgan fingerprint density at radius 2 is 1.80 bits per heavy atom. The third-order valence-corrected chi connectivity index (χ3v) is 7.81. The van der Waals surface area contributed by atoms with E-state index < -0.39 is 29.9 Å². The predicted molar refractivity (Wildman–Crippen MR) is 151 cm³/mol. The number of methoxy groups -OCH3 is 1. The third-order valence-electron chi connectivity index (χ3n) is 7.07. The summed E-state index contributed by atoms with van der Waals surface area (Å²) in [6.07, 6.45) is 0.474. The molecule has 6 rings (SSSR count). The quantitative estimate of drug-likeness (QED) is 0.368. The van der Waals surface area contributed by atoms with Gasteiger partial charge in [0, 0.05) is 15.9 Å². The number of anilines is 1. The summed E-state index contributed by atoms with van der Waals surface area (Å²) >= 11 is 9.44. The van der Waals surface area contributed by atoms with Crippen molar-refractivity contribution >= 4 is 56.7 Å². The molecule has 0 aromatic heterocycles. The number of hydrogen-bond donors (Lipinski definition) is 0. The number of ether oxygens (including phenoxy) is 1. The summed E-state index contributed by atoms with van der Waals surface area (Å²) in [6, 6.07) is 19.2. The van der Waals surface area contributed by atoms with Gasteiger partial charge in [-0.1, -0.05) is 63.1 Å². The number of amides is 3. The Kier molecular flexibility index (Phi) is 6.85. The lowest BCUT2D eigenvalue weighted by molar-refractivity contribution is -0.135. The summed E-state index contributed by atoms with van der Waals surface area (Å²) in [5.74, 6) is -0.650. The van der Waals surface area contributed by atoms with E-state index in [1.54, 1.807) is 43.5 Å². The van der Waals surface area contributed by atoms with Gasteiger partial charge in [0.1, 0.15) is 12.3 Å². The molecular formula is C28H22BrClN6O4. The summed E-state index contributed by atoms with van der Waals surface area (Å²) in [5, 5.41) is 16.1. The van der Waals surface area contributed by atoms with Crippen molar-refractivity contribution in [3.63, 3.8) is 0 Å². The van der Waals surface area contributed by atoms with Crippen LogP contribution in [0.3, 0.4) is 0 Å². The van der Waals surface area contributed by atoms with Gasteiger partial charge >= 0.3 is 0 Å². The number of benzene rings is 3. The van der Waals surface area contributed by atoms with Crippen molar-refractivity contribution < 1.29 is 19.1 Å². The molecule has 3 atom stereocenters. The molecule has 10 nitrogen and oxygen atoms in total. The lowest BCUT2D eigenvalue weighted by Crippen LogP contribution is -2.44. The molecule has 3 aliphatic rings. The first kappa shape index (κ1) is 26.1. The second-order valence-corrected chi connectivity index (χ2v) is 10.8. The van der Waals surface area contributed by atoms with Crippen LogP contribution in [-0.4, -0.2) is 59.2 Å². The maximum Gasteiger partial charge on any atom is 0.264 e. The minimum atomic E-state index is -1.01. The average molecular weight is 622 g/mol. The molecule has 1 fully saturated rings. The minimum Gasteiger partial charge on any atom is -0.497 e. The first-order valence-corrected chi connectivity index (χ1v) is 13.6. The van der Waals surface area contributed by atoms with E-state index in [2.05, 4.69) is 31.4 Å². The molecule has 3 aromatic rings. The zero-order valence-electron chi connectivity index (χ0n) is 21.1. The highest BCUT2D eigenvalue weighted by Crippen LogP contribution is 2.36. The standard InChI is InChI=1S/C28H22BrClN6O4/c1-40-21-11-7-17(8-12-21)23-14-22(16-5-9-19(30)10-6-16)32-36(23)24(37)15-34-26-25(31-33-34)27(38)35(28(26)39)20-4-2-3-18(29)13-20/h2-13,23,25-26H,14-15H2,1H3/t23-,25+,26+/m1/s1. The predicted octanol–water partition coefficient (Wildman–Crippen LogP) is 4.78. The molecule has 0 spiro atoms. The van der Waals surface area contributed by atoms with Crippen LogP contribution in [0, 0.1) is 0 Å². The number of hydrazone groups is 1. The molecule has 0 N–H and O–H groups in total. The number of nitrogens with zero attached hydrogens (tertiary/aromatic N) is 6. The van der Waals surface area contributed by atoms with Crippen LogP contribution in [0.4, 0.5) is 5.69 Å². The summed E-state index contributed by atoms with van der Waals surface area (Å²) in [5.41, 5.74) is 2.87. The molecule has 3 aliphatic heterocycles. The third kappa shape index (κ3) is 4.65. The molecule has 0 saturated carbocycles. The van der Waals surface area contributed by atoms with Crippen LogP contribution in [0.25, 0.3) is 0 Å². The van der Waals surface area contributed by atoms with Gasteiger partial charge in [-0.05, 0) is 53.6 Å². The van der Waals surface area contributed by atoms with Crippen molar-refractivity contribution in [1.29, 1.82) is 0 Å².